The SMILES string of the molecule is Cc1nc2sc(C(=O)OC(C)C(=O)Nc3ccc(SC(F)F)cc3)c(C)c2c(=O)[nH]1. The fourth-order valence-corrected chi connectivity index (χ4v) is 4.29. The van der Waals surface area contributed by atoms with Crippen molar-refractivity contribution in [1.82, 2.24) is 9.97 Å². The van der Waals surface area contributed by atoms with E-state index in [9.17, 15) is 23.2 Å². The van der Waals surface area contributed by atoms with E-state index in [1.165, 1.54) is 31.2 Å². The molecule has 0 saturated heterocycles. The number of fused-ring (bicyclic) bond motifs is 1. The van der Waals surface area contributed by atoms with Crippen LogP contribution in [0.2, 0.25) is 0 Å². The van der Waals surface area contributed by atoms with Crippen molar-refractivity contribution in [2.75, 3.05) is 5.32 Å². The molecule has 0 aliphatic heterocycles. The van der Waals surface area contributed by atoms with E-state index in [0.29, 0.717) is 43.9 Å². The highest BCUT2D eigenvalue weighted by molar-refractivity contribution is 7.99. The Labute approximate surface area is 177 Å². The van der Waals surface area contributed by atoms with Gasteiger partial charge in [-0.2, -0.15) is 8.78 Å². The van der Waals surface area contributed by atoms with Gasteiger partial charge in [0.1, 0.15) is 15.5 Å². The van der Waals surface area contributed by atoms with Gasteiger partial charge >= 0.3 is 5.97 Å². The Morgan fingerprint density at radius 3 is 2.53 bits per heavy atom. The predicted molar refractivity (Wildman–Crippen MR) is 112 cm³/mol. The van der Waals surface area contributed by atoms with E-state index in [1.807, 2.05) is 0 Å². The van der Waals surface area contributed by atoms with E-state index in [0.717, 1.165) is 11.3 Å². The van der Waals surface area contributed by atoms with Crippen LogP contribution in [0.3, 0.4) is 0 Å². The van der Waals surface area contributed by atoms with Crippen LogP contribution in [0.15, 0.2) is 34.0 Å². The third-order valence-electron chi connectivity index (χ3n) is 4.10. The highest BCUT2D eigenvalue weighted by Crippen LogP contribution is 2.28. The van der Waals surface area contributed by atoms with Crippen LogP contribution in [-0.2, 0) is 9.53 Å². The van der Waals surface area contributed by atoms with E-state index >= 15 is 0 Å². The number of anilines is 1. The molecule has 0 aliphatic rings. The standard InChI is InChI=1S/C19H17F2N3O4S2/c1-8-13-16(26)22-10(3)23-17(13)30-14(8)18(27)28-9(2)15(25)24-11-4-6-12(7-5-11)29-19(20)21/h4-7,9,19H,1-3H3,(H,24,25)(H,22,23,26). The molecule has 0 spiro atoms. The number of alkyl halides is 2. The lowest BCUT2D eigenvalue weighted by Crippen LogP contribution is -2.29. The maximum absolute atomic E-state index is 12.5. The molecule has 1 unspecified atom stereocenters. The van der Waals surface area contributed by atoms with E-state index in [4.69, 9.17) is 4.74 Å². The number of aryl methyl sites for hydroxylation is 2. The molecule has 0 bridgehead atoms. The summed E-state index contributed by atoms with van der Waals surface area (Å²) in [7, 11) is 0. The number of benzene rings is 1. The third-order valence-corrected chi connectivity index (χ3v) is 5.99. The van der Waals surface area contributed by atoms with Crippen molar-refractivity contribution in [3.05, 3.63) is 50.9 Å². The molecule has 1 atom stereocenters. The molecule has 0 fully saturated rings. The molecule has 0 radical (unpaired) electrons. The molecule has 30 heavy (non-hydrogen) atoms. The lowest BCUT2D eigenvalue weighted by molar-refractivity contribution is -0.123. The molecule has 2 heterocycles. The van der Waals surface area contributed by atoms with Crippen molar-refractivity contribution in [2.45, 2.75) is 37.5 Å². The lowest BCUT2D eigenvalue weighted by atomic mass is 10.2. The molecule has 1 amide bonds. The second kappa shape index (κ2) is 8.92. The van der Waals surface area contributed by atoms with E-state index in [-0.39, 0.29) is 10.4 Å². The maximum Gasteiger partial charge on any atom is 0.349 e. The van der Waals surface area contributed by atoms with Gasteiger partial charge in [0.05, 0.1) is 5.39 Å². The Hall–Kier alpha value is -2.79. The third kappa shape index (κ3) is 4.85. The molecule has 158 valence electrons. The number of nitrogens with one attached hydrogen (secondary N) is 2. The summed E-state index contributed by atoms with van der Waals surface area (Å²) >= 11 is 1.42. The molecule has 0 saturated carbocycles. The van der Waals surface area contributed by atoms with E-state index in [2.05, 4.69) is 15.3 Å². The van der Waals surface area contributed by atoms with Crippen LogP contribution < -0.4 is 10.9 Å². The number of ether oxygens (including phenoxy) is 1. The number of amides is 1. The highest BCUT2D eigenvalue weighted by atomic mass is 32.2. The zero-order valence-electron chi connectivity index (χ0n) is 16.1. The van der Waals surface area contributed by atoms with Crippen LogP contribution in [0.5, 0.6) is 0 Å². The number of thioether (sulfide) groups is 1. The van der Waals surface area contributed by atoms with Gasteiger partial charge in [0.25, 0.3) is 17.2 Å². The number of aromatic nitrogens is 2. The molecule has 7 nitrogen and oxygen atoms in total. The van der Waals surface area contributed by atoms with Gasteiger partial charge in [0.2, 0.25) is 0 Å². The molecule has 3 rings (SSSR count). The number of hydrogen-bond donors (Lipinski definition) is 2. The summed E-state index contributed by atoms with van der Waals surface area (Å²) < 4.78 is 30.0. The molecule has 2 N–H and O–H groups in total. The number of rotatable bonds is 6. The number of thiophene rings is 1. The monoisotopic (exact) mass is 453 g/mol. The largest absolute Gasteiger partial charge is 0.448 e. The van der Waals surface area contributed by atoms with Crippen LogP contribution in [0, 0.1) is 13.8 Å². The zero-order chi connectivity index (χ0) is 22.0. The number of aromatic amines is 1. The minimum absolute atomic E-state index is 0.196. The first kappa shape index (κ1) is 21.9. The second-order valence-corrected chi connectivity index (χ2v) is 8.39. The van der Waals surface area contributed by atoms with Gasteiger partial charge < -0.3 is 15.0 Å². The van der Waals surface area contributed by atoms with Crippen LogP contribution in [0.1, 0.15) is 28.0 Å². The van der Waals surface area contributed by atoms with Crippen molar-refractivity contribution in [3.63, 3.8) is 0 Å². The fourth-order valence-electron chi connectivity index (χ4n) is 2.68. The first-order chi connectivity index (χ1) is 14.2. The van der Waals surface area contributed by atoms with Gasteiger partial charge in [-0.1, -0.05) is 11.8 Å². The number of carbonyl (C=O) groups excluding carboxylic acids is 2. The van der Waals surface area contributed by atoms with Crippen LogP contribution in [-0.4, -0.2) is 33.7 Å². The Morgan fingerprint density at radius 1 is 1.23 bits per heavy atom. The first-order valence-electron chi connectivity index (χ1n) is 8.72. The average molecular weight is 453 g/mol. The Morgan fingerprint density at radius 2 is 1.90 bits per heavy atom. The summed E-state index contributed by atoms with van der Waals surface area (Å²) in [6, 6.07) is 5.87. The van der Waals surface area contributed by atoms with Gasteiger partial charge in [0, 0.05) is 10.6 Å². The summed E-state index contributed by atoms with van der Waals surface area (Å²) in [4.78, 5) is 44.8. The Kier molecular flexibility index (Phi) is 6.52. The van der Waals surface area contributed by atoms with Gasteiger partial charge in [-0.3, -0.25) is 9.59 Å². The van der Waals surface area contributed by atoms with Gasteiger partial charge in [0.15, 0.2) is 6.10 Å². The Bertz CT molecular complexity index is 1160. The topological polar surface area (TPSA) is 101 Å². The maximum atomic E-state index is 12.5. The number of nitrogens with zero attached hydrogens (tertiary/aromatic N) is 1. The molecular weight excluding hydrogens is 436 g/mol. The normalized spacial score (nSPS) is 12.2. The van der Waals surface area contributed by atoms with E-state index in [1.54, 1.807) is 13.8 Å². The summed E-state index contributed by atoms with van der Waals surface area (Å²) in [6.07, 6.45) is -1.12. The van der Waals surface area contributed by atoms with Crippen molar-refractivity contribution >= 4 is 50.9 Å². The average Bonchev–Trinajstić information content (AvgIpc) is 2.99. The summed E-state index contributed by atoms with van der Waals surface area (Å²) in [6.45, 7) is 4.66. The minimum atomic E-state index is -2.53. The molecule has 11 heteroatoms. The first-order valence-corrected chi connectivity index (χ1v) is 10.4. The quantitative estimate of drug-likeness (QED) is 0.431. The number of hydrogen-bond acceptors (Lipinski definition) is 7. The zero-order valence-corrected chi connectivity index (χ0v) is 17.7. The molecule has 1 aromatic carbocycles. The molecule has 2 aromatic heterocycles. The van der Waals surface area contributed by atoms with Gasteiger partial charge in [-0.15, -0.1) is 11.3 Å². The second-order valence-electron chi connectivity index (χ2n) is 6.33. The van der Waals surface area contributed by atoms with Crippen LogP contribution in [0.4, 0.5) is 14.5 Å². The van der Waals surface area contributed by atoms with Gasteiger partial charge in [-0.25, -0.2) is 9.78 Å². The minimum Gasteiger partial charge on any atom is -0.448 e. The fraction of sp³-hybridized carbons (Fsp3) is 0.263. The van der Waals surface area contributed by atoms with Crippen molar-refractivity contribution in [3.8, 4) is 0 Å². The predicted octanol–water partition coefficient (Wildman–Crippen LogP) is 4.10. The van der Waals surface area contributed by atoms with E-state index < -0.39 is 23.7 Å². The molecule has 3 aromatic rings. The lowest BCUT2D eigenvalue weighted by Gasteiger charge is -2.13. The highest BCUT2D eigenvalue weighted by Gasteiger charge is 2.24. The smallest absolute Gasteiger partial charge is 0.349 e. The van der Waals surface area contributed by atoms with Crippen LogP contribution >= 0.6 is 23.1 Å². The Balaban J connectivity index is 1.69. The summed E-state index contributed by atoms with van der Waals surface area (Å²) in [5, 5.41) is 2.88. The molecule has 0 aliphatic carbocycles. The number of halogens is 2. The van der Waals surface area contributed by atoms with Crippen LogP contribution in [0.25, 0.3) is 10.2 Å². The molecular formula is C19H17F2N3O4S2. The number of carbonyl (C=O) groups is 2. The van der Waals surface area contributed by atoms with Crippen molar-refractivity contribution < 1.29 is 23.1 Å². The summed E-state index contributed by atoms with van der Waals surface area (Å²) in [5.74, 6) is -3.42. The summed E-state index contributed by atoms with van der Waals surface area (Å²) in [5.41, 5.74) is 0.476. The van der Waals surface area contributed by atoms with Gasteiger partial charge in [-0.05, 0) is 50.6 Å². The number of H-pyrrole nitrogens is 1. The van der Waals surface area contributed by atoms with Crippen molar-refractivity contribution in [2.24, 2.45) is 0 Å². The van der Waals surface area contributed by atoms with Crippen molar-refractivity contribution in [1.29, 1.82) is 0 Å². The number of esters is 1.